The number of anilines is 1. The monoisotopic (exact) mass is 252 g/mol. The largest absolute Gasteiger partial charge is 0.368 e. The zero-order chi connectivity index (χ0) is 12.7. The lowest BCUT2D eigenvalue weighted by atomic mass is 10.1. The molecule has 0 aliphatic rings. The van der Waals surface area contributed by atoms with E-state index in [1.165, 1.54) is 17.0 Å². The Labute approximate surface area is 110 Å². The molecular formula is C14H24N2S. The van der Waals surface area contributed by atoms with Crippen LogP contribution in [0.4, 0.5) is 5.69 Å². The molecule has 1 aromatic carbocycles. The summed E-state index contributed by atoms with van der Waals surface area (Å²) >= 11 is 1.89. The number of rotatable bonds is 7. The van der Waals surface area contributed by atoms with Gasteiger partial charge in [0, 0.05) is 24.8 Å². The molecule has 1 unspecified atom stereocenters. The standard InChI is InChI=1S/C14H24N2S/c1-4-16(14(11-15)8-9-17-3)13-7-5-6-12(2)10-13/h5-7,10,14H,4,8-9,11,15H2,1-3H3. The summed E-state index contributed by atoms with van der Waals surface area (Å²) < 4.78 is 0. The quantitative estimate of drug-likeness (QED) is 0.809. The average molecular weight is 252 g/mol. The molecule has 0 fully saturated rings. The number of nitrogens with zero attached hydrogens (tertiary/aromatic N) is 1. The second-order valence-electron chi connectivity index (χ2n) is 4.30. The minimum Gasteiger partial charge on any atom is -0.368 e. The van der Waals surface area contributed by atoms with Gasteiger partial charge in [0.1, 0.15) is 0 Å². The third kappa shape index (κ3) is 4.25. The molecule has 17 heavy (non-hydrogen) atoms. The Hall–Kier alpha value is -0.670. The molecule has 0 heterocycles. The number of hydrogen-bond acceptors (Lipinski definition) is 3. The summed E-state index contributed by atoms with van der Waals surface area (Å²) in [6.45, 7) is 6.07. The molecule has 0 aromatic heterocycles. The molecule has 0 saturated heterocycles. The Morgan fingerprint density at radius 1 is 1.41 bits per heavy atom. The molecule has 0 amide bonds. The number of nitrogens with two attached hydrogens (primary N) is 1. The fraction of sp³-hybridized carbons (Fsp3) is 0.571. The minimum absolute atomic E-state index is 0.453. The first-order chi connectivity index (χ1) is 8.22. The molecule has 1 rings (SSSR count). The molecule has 0 aliphatic carbocycles. The summed E-state index contributed by atoms with van der Waals surface area (Å²) in [6.07, 6.45) is 3.30. The van der Waals surface area contributed by atoms with Gasteiger partial charge in [0.25, 0.3) is 0 Å². The van der Waals surface area contributed by atoms with Crippen LogP contribution in [0.2, 0.25) is 0 Å². The lowest BCUT2D eigenvalue weighted by Gasteiger charge is -2.32. The summed E-state index contributed by atoms with van der Waals surface area (Å²) in [7, 11) is 0. The predicted octanol–water partition coefficient (Wildman–Crippen LogP) is 2.90. The maximum absolute atomic E-state index is 5.91. The molecule has 0 saturated carbocycles. The Morgan fingerprint density at radius 3 is 2.71 bits per heavy atom. The van der Waals surface area contributed by atoms with E-state index in [2.05, 4.69) is 49.3 Å². The molecule has 2 nitrogen and oxygen atoms in total. The lowest BCUT2D eigenvalue weighted by molar-refractivity contribution is 0.595. The van der Waals surface area contributed by atoms with Crippen molar-refractivity contribution in [2.24, 2.45) is 5.73 Å². The van der Waals surface area contributed by atoms with Gasteiger partial charge in [-0.2, -0.15) is 11.8 Å². The average Bonchev–Trinajstić information content (AvgIpc) is 2.34. The lowest BCUT2D eigenvalue weighted by Crippen LogP contribution is -2.41. The van der Waals surface area contributed by atoms with Crippen LogP contribution in [0.5, 0.6) is 0 Å². The van der Waals surface area contributed by atoms with Crippen LogP contribution in [0.1, 0.15) is 18.9 Å². The van der Waals surface area contributed by atoms with E-state index in [9.17, 15) is 0 Å². The molecule has 2 N–H and O–H groups in total. The van der Waals surface area contributed by atoms with Crippen molar-refractivity contribution in [3.8, 4) is 0 Å². The number of thioether (sulfide) groups is 1. The highest BCUT2D eigenvalue weighted by Gasteiger charge is 2.15. The third-order valence-corrected chi connectivity index (χ3v) is 3.69. The molecule has 1 atom stereocenters. The van der Waals surface area contributed by atoms with E-state index < -0.39 is 0 Å². The van der Waals surface area contributed by atoms with Crippen molar-refractivity contribution in [2.75, 3.05) is 30.0 Å². The Balaban J connectivity index is 2.81. The van der Waals surface area contributed by atoms with Gasteiger partial charge in [-0.05, 0) is 50.0 Å². The maximum atomic E-state index is 5.91. The first-order valence-corrected chi connectivity index (χ1v) is 7.64. The van der Waals surface area contributed by atoms with Crippen LogP contribution < -0.4 is 10.6 Å². The van der Waals surface area contributed by atoms with Crippen molar-refractivity contribution in [3.05, 3.63) is 29.8 Å². The van der Waals surface area contributed by atoms with Gasteiger partial charge >= 0.3 is 0 Å². The third-order valence-electron chi connectivity index (χ3n) is 3.04. The zero-order valence-electron chi connectivity index (χ0n) is 11.1. The smallest absolute Gasteiger partial charge is 0.0420 e. The van der Waals surface area contributed by atoms with Crippen LogP contribution in [0.3, 0.4) is 0 Å². The fourth-order valence-electron chi connectivity index (χ4n) is 2.11. The van der Waals surface area contributed by atoms with Gasteiger partial charge in [0.15, 0.2) is 0 Å². The number of hydrogen-bond donors (Lipinski definition) is 1. The van der Waals surface area contributed by atoms with E-state index in [0.717, 1.165) is 19.5 Å². The molecule has 3 heteroatoms. The van der Waals surface area contributed by atoms with Crippen LogP contribution in [0, 0.1) is 6.92 Å². The van der Waals surface area contributed by atoms with Gasteiger partial charge in [-0.25, -0.2) is 0 Å². The molecule has 0 aliphatic heterocycles. The Kier molecular flexibility index (Phi) is 6.45. The normalized spacial score (nSPS) is 12.5. The van der Waals surface area contributed by atoms with Crippen LogP contribution >= 0.6 is 11.8 Å². The van der Waals surface area contributed by atoms with E-state index in [1.54, 1.807) is 0 Å². The number of aryl methyl sites for hydroxylation is 1. The number of likely N-dealkylation sites (N-methyl/N-ethyl adjacent to an activating group) is 1. The first kappa shape index (κ1) is 14.4. The van der Waals surface area contributed by atoms with Crippen molar-refractivity contribution >= 4 is 17.4 Å². The van der Waals surface area contributed by atoms with Crippen LogP contribution in [0.15, 0.2) is 24.3 Å². The molecule has 1 aromatic rings. The van der Waals surface area contributed by atoms with Gasteiger partial charge in [-0.3, -0.25) is 0 Å². The zero-order valence-corrected chi connectivity index (χ0v) is 12.0. The van der Waals surface area contributed by atoms with Crippen molar-refractivity contribution in [3.63, 3.8) is 0 Å². The van der Waals surface area contributed by atoms with Gasteiger partial charge in [0.2, 0.25) is 0 Å². The molecule has 0 spiro atoms. The Morgan fingerprint density at radius 2 is 2.18 bits per heavy atom. The van der Waals surface area contributed by atoms with Crippen molar-refractivity contribution in [1.29, 1.82) is 0 Å². The Bertz CT molecular complexity index is 328. The summed E-state index contributed by atoms with van der Waals surface area (Å²) in [4.78, 5) is 2.42. The van der Waals surface area contributed by atoms with Gasteiger partial charge in [-0.15, -0.1) is 0 Å². The molecule has 0 bridgehead atoms. The summed E-state index contributed by atoms with van der Waals surface area (Å²) in [5, 5.41) is 0. The highest BCUT2D eigenvalue weighted by atomic mass is 32.2. The second kappa shape index (κ2) is 7.62. The number of benzene rings is 1. The van der Waals surface area contributed by atoms with E-state index in [4.69, 9.17) is 5.73 Å². The van der Waals surface area contributed by atoms with E-state index >= 15 is 0 Å². The predicted molar refractivity (Wildman–Crippen MR) is 80.0 cm³/mol. The van der Waals surface area contributed by atoms with Crippen molar-refractivity contribution in [2.45, 2.75) is 26.3 Å². The van der Waals surface area contributed by atoms with Crippen molar-refractivity contribution < 1.29 is 0 Å². The fourth-order valence-corrected chi connectivity index (χ4v) is 2.62. The maximum Gasteiger partial charge on any atom is 0.0420 e. The van der Waals surface area contributed by atoms with Gasteiger partial charge < -0.3 is 10.6 Å². The summed E-state index contributed by atoms with van der Waals surface area (Å²) in [5.74, 6) is 1.17. The molecule has 96 valence electrons. The minimum atomic E-state index is 0.453. The molecular weight excluding hydrogens is 228 g/mol. The van der Waals surface area contributed by atoms with Gasteiger partial charge in [-0.1, -0.05) is 12.1 Å². The highest BCUT2D eigenvalue weighted by molar-refractivity contribution is 7.98. The van der Waals surface area contributed by atoms with E-state index in [1.807, 2.05) is 11.8 Å². The highest BCUT2D eigenvalue weighted by Crippen LogP contribution is 2.20. The SMILES string of the molecule is CCN(c1cccc(C)c1)C(CN)CCSC. The summed E-state index contributed by atoms with van der Waals surface area (Å²) in [6, 6.07) is 9.13. The van der Waals surface area contributed by atoms with Gasteiger partial charge in [0.05, 0.1) is 0 Å². The van der Waals surface area contributed by atoms with E-state index in [0.29, 0.717) is 6.04 Å². The van der Waals surface area contributed by atoms with Crippen LogP contribution in [-0.2, 0) is 0 Å². The first-order valence-electron chi connectivity index (χ1n) is 6.25. The molecule has 0 radical (unpaired) electrons. The topological polar surface area (TPSA) is 29.3 Å². The van der Waals surface area contributed by atoms with Crippen molar-refractivity contribution in [1.82, 2.24) is 0 Å². The van der Waals surface area contributed by atoms with E-state index in [-0.39, 0.29) is 0 Å². The van der Waals surface area contributed by atoms with Crippen LogP contribution in [-0.4, -0.2) is 31.1 Å². The van der Waals surface area contributed by atoms with Crippen LogP contribution in [0.25, 0.3) is 0 Å². The second-order valence-corrected chi connectivity index (χ2v) is 5.28. The summed E-state index contributed by atoms with van der Waals surface area (Å²) in [5.41, 5.74) is 8.52.